The van der Waals surface area contributed by atoms with Crippen molar-refractivity contribution in [1.29, 1.82) is 0 Å². The van der Waals surface area contributed by atoms with Gasteiger partial charge in [-0.05, 0) is 49.9 Å². The topological polar surface area (TPSA) is 57.5 Å². The molecule has 0 atom stereocenters. The third-order valence-corrected chi connectivity index (χ3v) is 4.71. The van der Waals surface area contributed by atoms with Crippen LogP contribution in [-0.4, -0.2) is 16.4 Å². The highest BCUT2D eigenvalue weighted by atomic mass is 16.6. The molecule has 0 saturated heterocycles. The van der Waals surface area contributed by atoms with Crippen molar-refractivity contribution in [2.75, 3.05) is 0 Å². The van der Waals surface area contributed by atoms with Crippen molar-refractivity contribution in [3.8, 4) is 0 Å². The van der Waals surface area contributed by atoms with Gasteiger partial charge in [-0.1, -0.05) is 38.2 Å². The standard InChI is InChI=1S/C15H26.CH2O3/c1-2-6-13-9-11-15(12-10-13)14-7-4-3-5-8-14;2-1(3)4/h2,13-15H,1,3-12H2;(H2,2,3,4). The van der Waals surface area contributed by atoms with Crippen LogP contribution in [0.25, 0.3) is 0 Å². The smallest absolute Gasteiger partial charge is 0.450 e. The second kappa shape index (κ2) is 9.00. The molecular formula is C16H28O3. The second-order valence-corrected chi connectivity index (χ2v) is 5.99. The molecule has 0 aliphatic heterocycles. The molecule has 110 valence electrons. The minimum absolute atomic E-state index is 0.974. The Morgan fingerprint density at radius 3 is 1.89 bits per heavy atom. The number of rotatable bonds is 3. The lowest BCUT2D eigenvalue weighted by Crippen LogP contribution is -2.23. The van der Waals surface area contributed by atoms with Gasteiger partial charge in [-0.15, -0.1) is 6.58 Å². The first-order valence-corrected chi connectivity index (χ1v) is 7.66. The predicted molar refractivity (Wildman–Crippen MR) is 77.5 cm³/mol. The van der Waals surface area contributed by atoms with E-state index >= 15 is 0 Å². The van der Waals surface area contributed by atoms with Crippen molar-refractivity contribution in [2.45, 2.75) is 64.2 Å². The van der Waals surface area contributed by atoms with Gasteiger partial charge in [-0.25, -0.2) is 4.79 Å². The Kier molecular flexibility index (Phi) is 7.61. The van der Waals surface area contributed by atoms with Gasteiger partial charge in [0.1, 0.15) is 0 Å². The average Bonchev–Trinajstić information content (AvgIpc) is 2.40. The van der Waals surface area contributed by atoms with Gasteiger partial charge in [-0.3, -0.25) is 0 Å². The van der Waals surface area contributed by atoms with Crippen LogP contribution in [0.3, 0.4) is 0 Å². The molecule has 3 heteroatoms. The number of allylic oxidation sites excluding steroid dienone is 1. The van der Waals surface area contributed by atoms with Crippen molar-refractivity contribution in [2.24, 2.45) is 17.8 Å². The molecule has 3 nitrogen and oxygen atoms in total. The van der Waals surface area contributed by atoms with E-state index in [4.69, 9.17) is 15.0 Å². The van der Waals surface area contributed by atoms with Crippen molar-refractivity contribution in [3.05, 3.63) is 12.7 Å². The van der Waals surface area contributed by atoms with E-state index in [1.807, 2.05) is 0 Å². The minimum atomic E-state index is -1.83. The largest absolute Gasteiger partial charge is 0.503 e. The van der Waals surface area contributed by atoms with E-state index < -0.39 is 6.16 Å². The number of carbonyl (C=O) groups is 1. The lowest BCUT2D eigenvalue weighted by molar-refractivity contribution is 0.137. The van der Waals surface area contributed by atoms with Gasteiger partial charge in [0.15, 0.2) is 0 Å². The fourth-order valence-electron chi connectivity index (χ4n) is 3.74. The Morgan fingerprint density at radius 1 is 0.947 bits per heavy atom. The monoisotopic (exact) mass is 268 g/mol. The lowest BCUT2D eigenvalue weighted by Gasteiger charge is -2.35. The number of carboxylic acid groups (broad SMARTS) is 2. The van der Waals surface area contributed by atoms with Gasteiger partial charge in [0.05, 0.1) is 0 Å². The van der Waals surface area contributed by atoms with Gasteiger partial charge < -0.3 is 10.2 Å². The van der Waals surface area contributed by atoms with Crippen molar-refractivity contribution < 1.29 is 15.0 Å². The van der Waals surface area contributed by atoms with Gasteiger partial charge >= 0.3 is 6.16 Å². The first kappa shape index (κ1) is 16.1. The Labute approximate surface area is 116 Å². The van der Waals surface area contributed by atoms with E-state index in [1.165, 1.54) is 64.2 Å². The summed E-state index contributed by atoms with van der Waals surface area (Å²) in [4.78, 5) is 8.56. The van der Waals surface area contributed by atoms with E-state index in [9.17, 15) is 0 Å². The summed E-state index contributed by atoms with van der Waals surface area (Å²) in [6.07, 6.45) is 15.1. The van der Waals surface area contributed by atoms with Crippen molar-refractivity contribution in [1.82, 2.24) is 0 Å². The zero-order chi connectivity index (χ0) is 14.1. The molecule has 0 unspecified atom stereocenters. The van der Waals surface area contributed by atoms with Crippen LogP contribution in [-0.2, 0) is 0 Å². The molecule has 0 bridgehead atoms. The van der Waals surface area contributed by atoms with Crippen LogP contribution < -0.4 is 0 Å². The highest BCUT2D eigenvalue weighted by Gasteiger charge is 2.27. The van der Waals surface area contributed by atoms with Crippen LogP contribution in [0.15, 0.2) is 12.7 Å². The van der Waals surface area contributed by atoms with E-state index in [-0.39, 0.29) is 0 Å². The molecule has 0 aromatic carbocycles. The maximum absolute atomic E-state index is 8.56. The van der Waals surface area contributed by atoms with Gasteiger partial charge in [0, 0.05) is 0 Å². The molecule has 0 amide bonds. The molecule has 2 saturated carbocycles. The summed E-state index contributed by atoms with van der Waals surface area (Å²) in [7, 11) is 0. The SMILES string of the molecule is C=CCC1CCC(C2CCCCC2)CC1.O=C(O)O. The lowest BCUT2D eigenvalue weighted by atomic mass is 9.70. The molecule has 0 radical (unpaired) electrons. The van der Waals surface area contributed by atoms with Crippen LogP contribution in [0.1, 0.15) is 64.2 Å². The van der Waals surface area contributed by atoms with E-state index in [0.29, 0.717) is 0 Å². The fourth-order valence-corrected chi connectivity index (χ4v) is 3.74. The van der Waals surface area contributed by atoms with Crippen molar-refractivity contribution in [3.63, 3.8) is 0 Å². The van der Waals surface area contributed by atoms with Crippen LogP contribution in [0, 0.1) is 17.8 Å². The first-order chi connectivity index (χ1) is 9.13. The Hall–Kier alpha value is -0.990. The quantitative estimate of drug-likeness (QED) is 0.694. The van der Waals surface area contributed by atoms with Gasteiger partial charge in [-0.2, -0.15) is 0 Å². The normalized spacial score (nSPS) is 28.0. The molecule has 2 N–H and O–H groups in total. The summed E-state index contributed by atoms with van der Waals surface area (Å²) < 4.78 is 0. The van der Waals surface area contributed by atoms with Gasteiger partial charge in [0.25, 0.3) is 0 Å². The number of hydrogen-bond acceptors (Lipinski definition) is 1. The second-order valence-electron chi connectivity index (χ2n) is 5.99. The highest BCUT2D eigenvalue weighted by Crippen LogP contribution is 2.40. The third-order valence-electron chi connectivity index (χ3n) is 4.71. The van der Waals surface area contributed by atoms with E-state index in [0.717, 1.165) is 17.8 Å². The molecule has 2 rings (SSSR count). The Balaban J connectivity index is 0.000000399. The zero-order valence-corrected chi connectivity index (χ0v) is 11.9. The summed E-state index contributed by atoms with van der Waals surface area (Å²) in [5.41, 5.74) is 0. The minimum Gasteiger partial charge on any atom is -0.450 e. The van der Waals surface area contributed by atoms with Crippen molar-refractivity contribution >= 4 is 6.16 Å². The predicted octanol–water partition coefficient (Wildman–Crippen LogP) is 5.17. The van der Waals surface area contributed by atoms with E-state index in [2.05, 4.69) is 12.7 Å². The first-order valence-electron chi connectivity index (χ1n) is 7.66. The zero-order valence-electron chi connectivity index (χ0n) is 11.9. The maximum Gasteiger partial charge on any atom is 0.503 e. The summed E-state index contributed by atoms with van der Waals surface area (Å²) in [6, 6.07) is 0. The molecule has 2 aliphatic carbocycles. The summed E-state index contributed by atoms with van der Waals surface area (Å²) in [6.45, 7) is 3.86. The molecule has 0 heterocycles. The molecule has 0 spiro atoms. The number of hydrogen-bond donors (Lipinski definition) is 2. The third kappa shape index (κ3) is 6.65. The van der Waals surface area contributed by atoms with E-state index in [1.54, 1.807) is 0 Å². The highest BCUT2D eigenvalue weighted by molar-refractivity contribution is 5.53. The van der Waals surface area contributed by atoms with Gasteiger partial charge in [0.2, 0.25) is 0 Å². The Morgan fingerprint density at radius 2 is 1.42 bits per heavy atom. The van der Waals surface area contributed by atoms with Crippen LogP contribution in [0.5, 0.6) is 0 Å². The average molecular weight is 268 g/mol. The Bertz CT molecular complexity index is 257. The van der Waals surface area contributed by atoms with Crippen LogP contribution in [0.2, 0.25) is 0 Å². The van der Waals surface area contributed by atoms with Crippen LogP contribution in [0.4, 0.5) is 4.79 Å². The molecule has 2 aliphatic rings. The molecular weight excluding hydrogens is 240 g/mol. The summed E-state index contributed by atoms with van der Waals surface area (Å²) in [5, 5.41) is 13.9. The molecule has 0 aromatic rings. The molecule has 2 fully saturated rings. The summed E-state index contributed by atoms with van der Waals surface area (Å²) in [5.74, 6) is 3.16. The van der Waals surface area contributed by atoms with Crippen LogP contribution >= 0.6 is 0 Å². The molecule has 0 aromatic heterocycles. The maximum atomic E-state index is 8.56. The summed E-state index contributed by atoms with van der Waals surface area (Å²) >= 11 is 0. The fraction of sp³-hybridized carbons (Fsp3) is 0.812. The molecule has 19 heavy (non-hydrogen) atoms.